The van der Waals surface area contributed by atoms with Crippen molar-refractivity contribution in [1.29, 1.82) is 0 Å². The number of aromatic nitrogens is 1. The number of H-pyrrole nitrogens is 1. The average molecular weight is 372 g/mol. The molecular weight excluding hydrogens is 348 g/mol. The highest BCUT2D eigenvalue weighted by Gasteiger charge is 2.37. The van der Waals surface area contributed by atoms with Crippen LogP contribution in [0.1, 0.15) is 36.0 Å². The molecule has 5 N–H and O–H groups in total. The van der Waals surface area contributed by atoms with E-state index in [2.05, 4.69) is 10.3 Å². The molecule has 2 atom stereocenters. The molecule has 1 aliphatic heterocycles. The van der Waals surface area contributed by atoms with Crippen LogP contribution >= 0.6 is 0 Å². The number of carbonyl (C=O) groups excluding carboxylic acids is 2. The minimum Gasteiger partial charge on any atom is -0.480 e. The van der Waals surface area contributed by atoms with Crippen LogP contribution < -0.4 is 11.1 Å². The molecule has 2 amide bonds. The number of benzene rings is 1. The fraction of sp³-hybridized carbons (Fsp3) is 0.421. The molecular formula is C19H24N4O4. The Morgan fingerprint density at radius 2 is 2.11 bits per heavy atom. The van der Waals surface area contributed by atoms with Gasteiger partial charge in [0.2, 0.25) is 5.91 Å². The normalized spacial score (nSPS) is 17.8. The van der Waals surface area contributed by atoms with Gasteiger partial charge in [-0.15, -0.1) is 0 Å². The summed E-state index contributed by atoms with van der Waals surface area (Å²) in [5.74, 6) is -1.74. The molecule has 1 saturated heterocycles. The number of aromatic amines is 1. The van der Waals surface area contributed by atoms with Gasteiger partial charge in [-0.2, -0.15) is 0 Å². The van der Waals surface area contributed by atoms with Gasteiger partial charge in [-0.3, -0.25) is 9.59 Å². The molecule has 1 fully saturated rings. The van der Waals surface area contributed by atoms with E-state index in [0.717, 1.165) is 10.9 Å². The van der Waals surface area contributed by atoms with Crippen LogP contribution in [0.4, 0.5) is 0 Å². The summed E-state index contributed by atoms with van der Waals surface area (Å²) in [5, 5.41) is 12.9. The van der Waals surface area contributed by atoms with E-state index in [0.29, 0.717) is 44.3 Å². The molecule has 2 heterocycles. The van der Waals surface area contributed by atoms with Crippen LogP contribution in [0.25, 0.3) is 10.9 Å². The number of fused-ring (bicyclic) bond motifs is 1. The highest BCUT2D eigenvalue weighted by atomic mass is 16.4. The summed E-state index contributed by atoms with van der Waals surface area (Å²) in [6.45, 7) is 0.771. The zero-order valence-corrected chi connectivity index (χ0v) is 15.0. The van der Waals surface area contributed by atoms with Gasteiger partial charge in [-0.25, -0.2) is 4.79 Å². The van der Waals surface area contributed by atoms with E-state index < -0.39 is 18.1 Å². The molecule has 0 unspecified atom stereocenters. The van der Waals surface area contributed by atoms with Crippen LogP contribution in [0.3, 0.4) is 0 Å². The zero-order valence-electron chi connectivity index (χ0n) is 15.0. The number of para-hydroxylation sites is 1. The number of nitrogens with one attached hydrogen (secondary N) is 2. The highest BCUT2D eigenvalue weighted by molar-refractivity contribution is 6.08. The van der Waals surface area contributed by atoms with Gasteiger partial charge in [0, 0.05) is 23.6 Å². The minimum atomic E-state index is -1.01. The molecule has 0 saturated carbocycles. The van der Waals surface area contributed by atoms with Crippen molar-refractivity contribution < 1.29 is 19.5 Å². The monoisotopic (exact) mass is 372 g/mol. The van der Waals surface area contributed by atoms with Crippen LogP contribution in [0, 0.1) is 0 Å². The average Bonchev–Trinajstić information content (AvgIpc) is 3.31. The van der Waals surface area contributed by atoms with E-state index in [1.165, 1.54) is 4.90 Å². The molecule has 8 heteroatoms. The number of amides is 2. The molecule has 0 bridgehead atoms. The number of hydrogen-bond acceptors (Lipinski definition) is 4. The molecule has 1 aliphatic rings. The van der Waals surface area contributed by atoms with Crippen molar-refractivity contribution in [2.24, 2.45) is 5.73 Å². The highest BCUT2D eigenvalue weighted by Crippen LogP contribution is 2.21. The van der Waals surface area contributed by atoms with Gasteiger partial charge < -0.3 is 26.0 Å². The fourth-order valence-corrected chi connectivity index (χ4v) is 3.56. The number of carbonyl (C=O) groups is 3. The smallest absolute Gasteiger partial charge is 0.326 e. The first-order valence-electron chi connectivity index (χ1n) is 9.13. The number of carboxylic acids is 1. The first-order valence-corrected chi connectivity index (χ1v) is 9.13. The van der Waals surface area contributed by atoms with E-state index >= 15 is 0 Å². The summed E-state index contributed by atoms with van der Waals surface area (Å²) in [6.07, 6.45) is 3.60. The summed E-state index contributed by atoms with van der Waals surface area (Å²) in [6, 6.07) is 5.78. The number of nitrogens with two attached hydrogens (primary N) is 1. The van der Waals surface area contributed by atoms with E-state index in [-0.39, 0.29) is 11.8 Å². The van der Waals surface area contributed by atoms with Gasteiger partial charge in [0.1, 0.15) is 12.1 Å². The molecule has 8 nitrogen and oxygen atoms in total. The molecule has 144 valence electrons. The van der Waals surface area contributed by atoms with E-state index in [1.807, 2.05) is 24.3 Å². The Hall–Kier alpha value is -2.87. The van der Waals surface area contributed by atoms with Crippen LogP contribution in [0.15, 0.2) is 30.5 Å². The van der Waals surface area contributed by atoms with Crippen molar-refractivity contribution in [3.8, 4) is 0 Å². The molecule has 1 aromatic heterocycles. The number of nitrogens with zero attached hydrogens (tertiary/aromatic N) is 1. The second-order valence-corrected chi connectivity index (χ2v) is 6.73. The van der Waals surface area contributed by atoms with Gasteiger partial charge in [0.15, 0.2) is 0 Å². The SMILES string of the molecule is NCCC[C@H](NC(=O)c1c[nH]c2ccccc12)C(=O)N1CCC[C@H]1C(=O)O. The Labute approximate surface area is 156 Å². The third kappa shape index (κ3) is 3.95. The molecule has 1 aromatic carbocycles. The summed E-state index contributed by atoms with van der Waals surface area (Å²) < 4.78 is 0. The molecule has 0 aliphatic carbocycles. The fourth-order valence-electron chi connectivity index (χ4n) is 3.56. The van der Waals surface area contributed by atoms with Gasteiger partial charge in [-0.1, -0.05) is 18.2 Å². The maximum Gasteiger partial charge on any atom is 0.326 e. The number of likely N-dealkylation sites (tertiary alicyclic amines) is 1. The first kappa shape index (κ1) is 18.9. The van der Waals surface area contributed by atoms with Crippen LogP contribution in [-0.4, -0.2) is 57.9 Å². The number of rotatable bonds is 7. The van der Waals surface area contributed by atoms with Gasteiger partial charge in [0.05, 0.1) is 5.56 Å². The van der Waals surface area contributed by atoms with Crippen molar-refractivity contribution in [1.82, 2.24) is 15.2 Å². The second-order valence-electron chi connectivity index (χ2n) is 6.73. The topological polar surface area (TPSA) is 129 Å². The van der Waals surface area contributed by atoms with E-state index in [4.69, 9.17) is 5.73 Å². The van der Waals surface area contributed by atoms with Gasteiger partial charge in [-0.05, 0) is 38.3 Å². The summed E-state index contributed by atoms with van der Waals surface area (Å²) in [4.78, 5) is 41.5. The van der Waals surface area contributed by atoms with Crippen LogP contribution in [-0.2, 0) is 9.59 Å². The third-order valence-corrected chi connectivity index (χ3v) is 4.96. The van der Waals surface area contributed by atoms with Crippen molar-refractivity contribution in [3.05, 3.63) is 36.0 Å². The maximum atomic E-state index is 12.9. The second kappa shape index (κ2) is 8.22. The van der Waals surface area contributed by atoms with Crippen molar-refractivity contribution in [2.45, 2.75) is 37.8 Å². The largest absolute Gasteiger partial charge is 0.480 e. The minimum absolute atomic E-state index is 0.360. The van der Waals surface area contributed by atoms with Crippen LogP contribution in [0.5, 0.6) is 0 Å². The van der Waals surface area contributed by atoms with Crippen molar-refractivity contribution >= 4 is 28.7 Å². The Kier molecular flexibility index (Phi) is 5.75. The summed E-state index contributed by atoms with van der Waals surface area (Å²) >= 11 is 0. The number of carboxylic acid groups (broad SMARTS) is 1. The predicted octanol–water partition coefficient (Wildman–Crippen LogP) is 1.08. The Morgan fingerprint density at radius 3 is 2.85 bits per heavy atom. The Bertz CT molecular complexity index is 847. The molecule has 0 radical (unpaired) electrons. The zero-order chi connectivity index (χ0) is 19.4. The number of aliphatic carboxylic acids is 1. The van der Waals surface area contributed by atoms with Crippen molar-refractivity contribution in [2.75, 3.05) is 13.1 Å². The predicted molar refractivity (Wildman–Crippen MR) is 100 cm³/mol. The lowest BCUT2D eigenvalue weighted by atomic mass is 10.1. The standard InChI is InChI=1S/C19H24N4O4/c20-9-3-7-15(18(25)23-10-4-8-16(23)19(26)27)22-17(24)13-11-21-14-6-2-1-5-12(13)14/h1-2,5-6,11,15-16,21H,3-4,7-10,20H2,(H,22,24)(H,26,27)/t15-,16-/m0/s1. The lowest BCUT2D eigenvalue weighted by molar-refractivity contribution is -0.149. The third-order valence-electron chi connectivity index (χ3n) is 4.96. The van der Waals surface area contributed by atoms with E-state index in [9.17, 15) is 19.5 Å². The molecule has 27 heavy (non-hydrogen) atoms. The molecule has 3 rings (SSSR count). The Morgan fingerprint density at radius 1 is 1.33 bits per heavy atom. The van der Waals surface area contributed by atoms with Crippen LogP contribution in [0.2, 0.25) is 0 Å². The lowest BCUT2D eigenvalue weighted by Gasteiger charge is -2.27. The maximum absolute atomic E-state index is 12.9. The Balaban J connectivity index is 1.79. The van der Waals surface area contributed by atoms with Crippen molar-refractivity contribution in [3.63, 3.8) is 0 Å². The van der Waals surface area contributed by atoms with E-state index in [1.54, 1.807) is 6.20 Å². The molecule has 0 spiro atoms. The first-order chi connectivity index (χ1) is 13.0. The lowest BCUT2D eigenvalue weighted by Crippen LogP contribution is -2.51. The quantitative estimate of drug-likeness (QED) is 0.578. The van der Waals surface area contributed by atoms with Gasteiger partial charge >= 0.3 is 5.97 Å². The molecule has 2 aromatic rings. The summed E-state index contributed by atoms with van der Waals surface area (Å²) in [5.41, 5.74) is 6.85. The summed E-state index contributed by atoms with van der Waals surface area (Å²) in [7, 11) is 0. The number of hydrogen-bond donors (Lipinski definition) is 4. The van der Waals surface area contributed by atoms with Gasteiger partial charge in [0.25, 0.3) is 5.91 Å².